The Kier molecular flexibility index (Phi) is 0.701. The van der Waals surface area contributed by atoms with Gasteiger partial charge in [0.25, 0.3) is 0 Å². The Morgan fingerprint density at radius 2 is 2.50 bits per heavy atom. The molecule has 1 aliphatic rings. The van der Waals surface area contributed by atoms with Gasteiger partial charge in [-0.2, -0.15) is 0 Å². The molecule has 0 saturated heterocycles. The van der Waals surface area contributed by atoms with E-state index in [1.165, 1.54) is 5.57 Å². The van der Waals surface area contributed by atoms with Crippen LogP contribution in [-0.4, -0.2) is 6.04 Å². The largest absolute Gasteiger partial charge is 0.321 e. The van der Waals surface area contributed by atoms with Crippen molar-refractivity contribution in [2.75, 3.05) is 0 Å². The highest BCUT2D eigenvalue weighted by Gasteiger charge is 2.15. The lowest BCUT2D eigenvalue weighted by molar-refractivity contribution is 1.03. The second-order valence-electron chi connectivity index (χ2n) is 1.62. The van der Waals surface area contributed by atoms with Gasteiger partial charge in [0, 0.05) is 6.04 Å². The topological polar surface area (TPSA) is 26.0 Å². The molecule has 1 atom stereocenters. The minimum atomic E-state index is 0.356. The summed E-state index contributed by atoms with van der Waals surface area (Å²) in [4.78, 5) is 0. The van der Waals surface area contributed by atoms with Gasteiger partial charge in [0.1, 0.15) is 0 Å². The van der Waals surface area contributed by atoms with E-state index >= 15 is 0 Å². The first-order valence-electron chi connectivity index (χ1n) is 2.30. The summed E-state index contributed by atoms with van der Waals surface area (Å²) in [6.07, 6.45) is 3.22. The molecule has 34 valence electrons. The minimum absolute atomic E-state index is 0.356. The van der Waals surface area contributed by atoms with Crippen molar-refractivity contribution in [1.82, 2.24) is 0 Å². The molecule has 0 aliphatic heterocycles. The predicted octanol–water partition coefficient (Wildman–Crippen LogP) is 0.664. The fraction of sp³-hybridized carbons (Fsp3) is 0.600. The molecule has 1 nitrogen and oxygen atoms in total. The molecular weight excluding hydrogens is 74.1 g/mol. The fourth-order valence-electron chi connectivity index (χ4n) is 0.536. The van der Waals surface area contributed by atoms with Crippen molar-refractivity contribution >= 4 is 0 Å². The van der Waals surface area contributed by atoms with Gasteiger partial charge in [-0.3, -0.25) is 0 Å². The van der Waals surface area contributed by atoms with Crippen molar-refractivity contribution < 1.29 is 0 Å². The van der Waals surface area contributed by atoms with Crippen LogP contribution in [0.4, 0.5) is 0 Å². The minimum Gasteiger partial charge on any atom is -0.321 e. The SMILES string of the molecule is CCC1=CC1N. The van der Waals surface area contributed by atoms with Gasteiger partial charge in [-0.05, 0) is 6.42 Å². The smallest absolute Gasteiger partial charge is 0.0444 e. The molecule has 6 heavy (non-hydrogen) atoms. The predicted molar refractivity (Wildman–Crippen MR) is 26.3 cm³/mol. The van der Waals surface area contributed by atoms with Gasteiger partial charge >= 0.3 is 0 Å². The highest BCUT2D eigenvalue weighted by molar-refractivity contribution is 5.32. The van der Waals surface area contributed by atoms with E-state index in [1.807, 2.05) is 0 Å². The molecule has 0 radical (unpaired) electrons. The third-order valence-electron chi connectivity index (χ3n) is 1.12. The van der Waals surface area contributed by atoms with E-state index in [4.69, 9.17) is 5.73 Å². The summed E-state index contributed by atoms with van der Waals surface area (Å²) in [6, 6.07) is 0.356. The zero-order valence-corrected chi connectivity index (χ0v) is 3.94. The summed E-state index contributed by atoms with van der Waals surface area (Å²) in [5.41, 5.74) is 6.80. The van der Waals surface area contributed by atoms with E-state index < -0.39 is 0 Å². The first-order chi connectivity index (χ1) is 2.84. The molecule has 1 rings (SSSR count). The lowest BCUT2D eigenvalue weighted by Crippen LogP contribution is -2.01. The van der Waals surface area contributed by atoms with Crippen LogP contribution < -0.4 is 5.73 Å². The van der Waals surface area contributed by atoms with Gasteiger partial charge in [-0.25, -0.2) is 0 Å². The van der Waals surface area contributed by atoms with Crippen molar-refractivity contribution in [1.29, 1.82) is 0 Å². The van der Waals surface area contributed by atoms with E-state index in [0.717, 1.165) is 6.42 Å². The van der Waals surface area contributed by atoms with Crippen molar-refractivity contribution in [2.45, 2.75) is 19.4 Å². The molecule has 0 spiro atoms. The molecule has 0 bridgehead atoms. The Hall–Kier alpha value is -0.300. The summed E-state index contributed by atoms with van der Waals surface area (Å²) in [5.74, 6) is 0. The van der Waals surface area contributed by atoms with Crippen molar-refractivity contribution in [2.24, 2.45) is 5.73 Å². The first-order valence-corrected chi connectivity index (χ1v) is 2.30. The second-order valence-corrected chi connectivity index (χ2v) is 1.62. The molecule has 0 aromatic carbocycles. The average Bonchev–Trinajstić information content (AvgIpc) is 2.19. The molecule has 0 aromatic rings. The maximum Gasteiger partial charge on any atom is 0.0444 e. The Bertz CT molecular complexity index is 83.9. The van der Waals surface area contributed by atoms with E-state index in [1.54, 1.807) is 0 Å². The van der Waals surface area contributed by atoms with Gasteiger partial charge in [0.2, 0.25) is 0 Å². The van der Waals surface area contributed by atoms with Gasteiger partial charge < -0.3 is 5.73 Å². The van der Waals surface area contributed by atoms with Gasteiger partial charge in [-0.1, -0.05) is 18.6 Å². The van der Waals surface area contributed by atoms with Crippen molar-refractivity contribution in [3.8, 4) is 0 Å². The van der Waals surface area contributed by atoms with Crippen molar-refractivity contribution in [3.63, 3.8) is 0 Å². The van der Waals surface area contributed by atoms with Gasteiger partial charge in [0.15, 0.2) is 0 Å². The number of hydrogen-bond donors (Lipinski definition) is 1. The third kappa shape index (κ3) is 0.455. The first kappa shape index (κ1) is 3.88. The van der Waals surface area contributed by atoms with Crippen LogP contribution in [0.25, 0.3) is 0 Å². The van der Waals surface area contributed by atoms with Gasteiger partial charge in [0.05, 0.1) is 0 Å². The monoisotopic (exact) mass is 83.1 g/mol. The fourth-order valence-corrected chi connectivity index (χ4v) is 0.536. The zero-order chi connectivity index (χ0) is 4.57. The molecule has 1 heteroatoms. The van der Waals surface area contributed by atoms with Crippen LogP contribution in [0.15, 0.2) is 11.6 Å². The quantitative estimate of drug-likeness (QED) is 0.463. The van der Waals surface area contributed by atoms with Crippen LogP contribution in [0, 0.1) is 0 Å². The molecule has 1 unspecified atom stereocenters. The van der Waals surface area contributed by atoms with Crippen LogP contribution in [0.1, 0.15) is 13.3 Å². The number of rotatable bonds is 1. The Morgan fingerprint density at radius 1 is 2.00 bits per heavy atom. The van der Waals surface area contributed by atoms with E-state index in [0.29, 0.717) is 6.04 Å². The van der Waals surface area contributed by atoms with Crippen LogP contribution in [0.2, 0.25) is 0 Å². The van der Waals surface area contributed by atoms with Crippen LogP contribution in [0.5, 0.6) is 0 Å². The highest BCUT2D eigenvalue weighted by Crippen LogP contribution is 2.19. The molecular formula is C5H9N. The summed E-state index contributed by atoms with van der Waals surface area (Å²) < 4.78 is 0. The second kappa shape index (κ2) is 1.09. The van der Waals surface area contributed by atoms with Crippen LogP contribution in [0.3, 0.4) is 0 Å². The Labute approximate surface area is 37.8 Å². The van der Waals surface area contributed by atoms with Crippen LogP contribution in [-0.2, 0) is 0 Å². The molecule has 0 fully saturated rings. The lowest BCUT2D eigenvalue weighted by atomic mass is 10.3. The Morgan fingerprint density at radius 3 is 2.50 bits per heavy atom. The summed E-state index contributed by atoms with van der Waals surface area (Å²) in [7, 11) is 0. The maximum absolute atomic E-state index is 5.38. The standard InChI is InChI=1S/C5H9N/c1-2-4-3-5(4)6/h3,5H,2,6H2,1H3. The number of hydrogen-bond acceptors (Lipinski definition) is 1. The molecule has 0 heterocycles. The van der Waals surface area contributed by atoms with Gasteiger partial charge in [-0.15, -0.1) is 0 Å². The lowest BCUT2D eigenvalue weighted by Gasteiger charge is -1.79. The molecule has 0 saturated carbocycles. The van der Waals surface area contributed by atoms with Crippen molar-refractivity contribution in [3.05, 3.63) is 11.6 Å². The van der Waals surface area contributed by atoms with E-state index in [-0.39, 0.29) is 0 Å². The highest BCUT2D eigenvalue weighted by atomic mass is 14.7. The molecule has 0 amide bonds. The molecule has 2 N–H and O–H groups in total. The third-order valence-corrected chi connectivity index (χ3v) is 1.12. The summed E-state index contributed by atoms with van der Waals surface area (Å²) in [6.45, 7) is 2.12. The van der Waals surface area contributed by atoms with E-state index in [2.05, 4.69) is 13.0 Å². The molecule has 0 aromatic heterocycles. The summed E-state index contributed by atoms with van der Waals surface area (Å²) in [5, 5.41) is 0. The molecule has 1 aliphatic carbocycles. The average molecular weight is 83.1 g/mol. The van der Waals surface area contributed by atoms with E-state index in [9.17, 15) is 0 Å². The van der Waals surface area contributed by atoms with Crippen LogP contribution >= 0.6 is 0 Å². The normalized spacial score (nSPS) is 29.7. The Balaban J connectivity index is 2.23. The maximum atomic E-state index is 5.38. The number of nitrogens with two attached hydrogens (primary N) is 1. The zero-order valence-electron chi connectivity index (χ0n) is 3.94. The summed E-state index contributed by atoms with van der Waals surface area (Å²) >= 11 is 0.